The van der Waals surface area contributed by atoms with Crippen molar-refractivity contribution in [2.24, 2.45) is 0 Å². The molecule has 6 nitrogen and oxygen atoms in total. The Hall–Kier alpha value is -2.08. The molecule has 114 valence electrons. The molecule has 1 aliphatic rings. The molecule has 1 aromatic carbocycles. The maximum absolute atomic E-state index is 12.3. The van der Waals surface area contributed by atoms with Gasteiger partial charge in [0.15, 0.2) is 5.78 Å². The molecule has 1 aromatic rings. The summed E-state index contributed by atoms with van der Waals surface area (Å²) in [6, 6.07) is 4.76. The Morgan fingerprint density at radius 2 is 2.00 bits per heavy atom. The molecule has 1 heterocycles. The molecule has 1 aliphatic heterocycles. The lowest BCUT2D eigenvalue weighted by atomic mass is 10.1. The Balaban J connectivity index is 2.01. The number of ketones is 1. The van der Waals surface area contributed by atoms with Crippen LogP contribution in [0, 0.1) is 0 Å². The molecule has 1 fully saturated rings. The van der Waals surface area contributed by atoms with E-state index < -0.39 is 0 Å². The van der Waals surface area contributed by atoms with Crippen molar-refractivity contribution in [3.8, 4) is 0 Å². The average molecular weight is 291 g/mol. The average Bonchev–Trinajstić information content (AvgIpc) is 2.47. The molecule has 1 saturated heterocycles. The largest absolute Gasteiger partial charge is 0.398 e. The van der Waals surface area contributed by atoms with E-state index in [-0.39, 0.29) is 17.7 Å². The smallest absolute Gasteiger partial charge is 0.244 e. The van der Waals surface area contributed by atoms with Gasteiger partial charge in [0.2, 0.25) is 5.91 Å². The number of Topliss-reactive ketones (excluding diaryl/α,β-unsaturated/α-hetero) is 1. The van der Waals surface area contributed by atoms with Gasteiger partial charge in [-0.1, -0.05) is 0 Å². The van der Waals surface area contributed by atoms with Crippen molar-refractivity contribution in [1.82, 2.24) is 4.90 Å². The van der Waals surface area contributed by atoms with Gasteiger partial charge in [0, 0.05) is 30.0 Å². The number of hydrogen-bond acceptors (Lipinski definition) is 5. The second-order valence-electron chi connectivity index (χ2n) is 5.16. The van der Waals surface area contributed by atoms with Crippen LogP contribution in [0.3, 0.4) is 0 Å². The topological polar surface area (TPSA) is 84.7 Å². The molecule has 1 unspecified atom stereocenters. The van der Waals surface area contributed by atoms with Crippen LogP contribution >= 0.6 is 0 Å². The van der Waals surface area contributed by atoms with Gasteiger partial charge >= 0.3 is 0 Å². The van der Waals surface area contributed by atoms with Crippen LogP contribution in [0.15, 0.2) is 18.2 Å². The fourth-order valence-electron chi connectivity index (χ4n) is 2.34. The summed E-state index contributed by atoms with van der Waals surface area (Å²) >= 11 is 0. The highest BCUT2D eigenvalue weighted by atomic mass is 16.5. The lowest BCUT2D eigenvalue weighted by molar-refractivity contribution is -0.135. The van der Waals surface area contributed by atoms with Gasteiger partial charge in [0.25, 0.3) is 0 Å². The van der Waals surface area contributed by atoms with Crippen LogP contribution in [0.4, 0.5) is 11.4 Å². The van der Waals surface area contributed by atoms with E-state index in [0.717, 1.165) is 5.69 Å². The Labute approximate surface area is 124 Å². The van der Waals surface area contributed by atoms with Gasteiger partial charge in [0.1, 0.15) is 6.04 Å². The normalized spacial score (nSPS) is 16.4. The summed E-state index contributed by atoms with van der Waals surface area (Å²) in [7, 11) is 0. The number of nitrogens with zero attached hydrogens (tertiary/aromatic N) is 1. The summed E-state index contributed by atoms with van der Waals surface area (Å²) in [5.74, 6) is -0.0380. The number of benzene rings is 1. The minimum Gasteiger partial charge on any atom is -0.398 e. The molecule has 0 aliphatic carbocycles. The Morgan fingerprint density at radius 3 is 2.57 bits per heavy atom. The van der Waals surface area contributed by atoms with E-state index in [4.69, 9.17) is 10.5 Å². The highest BCUT2D eigenvalue weighted by Crippen LogP contribution is 2.19. The molecule has 0 aromatic heterocycles. The van der Waals surface area contributed by atoms with Crippen LogP contribution < -0.4 is 11.1 Å². The minimum absolute atomic E-state index is 0.0347. The molecule has 0 bridgehead atoms. The molecular weight excluding hydrogens is 270 g/mol. The van der Waals surface area contributed by atoms with E-state index in [2.05, 4.69) is 5.32 Å². The first-order valence-corrected chi connectivity index (χ1v) is 7.02. The van der Waals surface area contributed by atoms with Gasteiger partial charge in [-0.2, -0.15) is 0 Å². The number of carbonyl (C=O) groups is 2. The maximum atomic E-state index is 12.3. The van der Waals surface area contributed by atoms with Crippen LogP contribution in [-0.4, -0.2) is 48.9 Å². The number of morpholine rings is 1. The van der Waals surface area contributed by atoms with Gasteiger partial charge in [-0.25, -0.2) is 0 Å². The van der Waals surface area contributed by atoms with Gasteiger partial charge < -0.3 is 20.7 Å². The highest BCUT2D eigenvalue weighted by Gasteiger charge is 2.22. The molecule has 0 spiro atoms. The SMILES string of the molecule is CC(=O)c1ccc(NC(C)C(=O)N2CCOCC2)cc1N. The number of anilines is 2. The van der Waals surface area contributed by atoms with Crippen LogP contribution in [-0.2, 0) is 9.53 Å². The number of nitrogens with two attached hydrogens (primary N) is 1. The first kappa shape index (κ1) is 15.3. The zero-order valence-electron chi connectivity index (χ0n) is 12.4. The molecule has 0 saturated carbocycles. The van der Waals surface area contributed by atoms with E-state index in [1.165, 1.54) is 6.92 Å². The van der Waals surface area contributed by atoms with Crippen molar-refractivity contribution in [2.75, 3.05) is 37.4 Å². The van der Waals surface area contributed by atoms with Crippen molar-refractivity contribution < 1.29 is 14.3 Å². The summed E-state index contributed by atoms with van der Waals surface area (Å²) in [5, 5.41) is 3.12. The Bertz CT molecular complexity index is 539. The van der Waals surface area contributed by atoms with Crippen molar-refractivity contribution in [2.45, 2.75) is 19.9 Å². The van der Waals surface area contributed by atoms with Gasteiger partial charge in [-0.05, 0) is 32.0 Å². The van der Waals surface area contributed by atoms with Crippen molar-refractivity contribution in [3.63, 3.8) is 0 Å². The van der Waals surface area contributed by atoms with Gasteiger partial charge in [0.05, 0.1) is 13.2 Å². The fourth-order valence-corrected chi connectivity index (χ4v) is 2.34. The number of ether oxygens (including phenoxy) is 1. The van der Waals surface area contributed by atoms with Crippen LogP contribution in [0.2, 0.25) is 0 Å². The third-order valence-electron chi connectivity index (χ3n) is 3.51. The summed E-state index contributed by atoms with van der Waals surface area (Å²) in [5.41, 5.74) is 7.48. The fraction of sp³-hybridized carbons (Fsp3) is 0.467. The van der Waals surface area contributed by atoms with Crippen LogP contribution in [0.25, 0.3) is 0 Å². The first-order chi connectivity index (χ1) is 9.99. The second kappa shape index (κ2) is 6.58. The molecular formula is C15H21N3O3. The molecule has 0 radical (unpaired) electrons. The van der Waals surface area contributed by atoms with Crippen LogP contribution in [0.1, 0.15) is 24.2 Å². The summed E-state index contributed by atoms with van der Waals surface area (Å²) in [6.07, 6.45) is 0. The quantitative estimate of drug-likeness (QED) is 0.641. The zero-order chi connectivity index (χ0) is 15.4. The lowest BCUT2D eigenvalue weighted by Crippen LogP contribution is -2.47. The lowest BCUT2D eigenvalue weighted by Gasteiger charge is -2.29. The number of carbonyl (C=O) groups excluding carboxylic acids is 2. The van der Waals surface area contributed by atoms with E-state index >= 15 is 0 Å². The Morgan fingerprint density at radius 1 is 1.33 bits per heavy atom. The first-order valence-electron chi connectivity index (χ1n) is 7.02. The summed E-state index contributed by atoms with van der Waals surface area (Å²) in [6.45, 7) is 5.69. The van der Waals surface area contributed by atoms with Crippen molar-refractivity contribution in [1.29, 1.82) is 0 Å². The highest BCUT2D eigenvalue weighted by molar-refractivity contribution is 5.99. The van der Waals surface area contributed by atoms with E-state index in [1.807, 2.05) is 6.92 Å². The maximum Gasteiger partial charge on any atom is 0.244 e. The minimum atomic E-state index is -0.356. The van der Waals surface area contributed by atoms with E-state index in [1.54, 1.807) is 23.1 Å². The van der Waals surface area contributed by atoms with Gasteiger partial charge in [-0.15, -0.1) is 0 Å². The Kier molecular flexibility index (Phi) is 4.80. The van der Waals surface area contributed by atoms with Crippen LogP contribution in [0.5, 0.6) is 0 Å². The van der Waals surface area contributed by atoms with Crippen molar-refractivity contribution >= 4 is 23.1 Å². The number of nitrogens with one attached hydrogen (secondary N) is 1. The second-order valence-corrected chi connectivity index (χ2v) is 5.16. The van der Waals surface area contributed by atoms with E-state index in [9.17, 15) is 9.59 Å². The third kappa shape index (κ3) is 3.72. The standard InChI is InChI=1S/C15H21N3O3/c1-10(15(20)18-5-7-21-8-6-18)17-12-3-4-13(11(2)19)14(16)9-12/h3-4,9-10,17H,5-8,16H2,1-2H3. The number of nitrogen functional groups attached to an aromatic ring is 1. The van der Waals surface area contributed by atoms with Crippen molar-refractivity contribution in [3.05, 3.63) is 23.8 Å². The number of rotatable bonds is 4. The predicted octanol–water partition coefficient (Wildman–Crippen LogP) is 1.13. The van der Waals surface area contributed by atoms with E-state index in [0.29, 0.717) is 37.6 Å². The number of amides is 1. The molecule has 1 amide bonds. The summed E-state index contributed by atoms with van der Waals surface area (Å²) in [4.78, 5) is 25.4. The molecule has 2 rings (SSSR count). The third-order valence-corrected chi connectivity index (χ3v) is 3.51. The zero-order valence-corrected chi connectivity index (χ0v) is 12.4. The summed E-state index contributed by atoms with van der Waals surface area (Å²) < 4.78 is 5.24. The monoisotopic (exact) mass is 291 g/mol. The molecule has 1 atom stereocenters. The molecule has 21 heavy (non-hydrogen) atoms. The number of hydrogen-bond donors (Lipinski definition) is 2. The van der Waals surface area contributed by atoms with Gasteiger partial charge in [-0.3, -0.25) is 9.59 Å². The molecule has 6 heteroatoms. The molecule has 3 N–H and O–H groups in total. The predicted molar refractivity (Wildman–Crippen MR) is 81.3 cm³/mol.